The van der Waals surface area contributed by atoms with Crippen molar-refractivity contribution >= 4 is 0 Å². The Kier molecular flexibility index (Phi) is 1.85. The molecule has 1 rings (SSSR count). The lowest BCUT2D eigenvalue weighted by molar-refractivity contribution is 0.221. The average molecular weight is 154 g/mol. The summed E-state index contributed by atoms with van der Waals surface area (Å²) in [6, 6.07) is 6.12. The molecule has 0 aliphatic rings. The third-order valence-corrected chi connectivity index (χ3v) is 1.55. The summed E-state index contributed by atoms with van der Waals surface area (Å²) in [5.74, 6) is 0.165. The van der Waals surface area contributed by atoms with Gasteiger partial charge in [0, 0.05) is 0 Å². The molecule has 0 saturated carbocycles. The highest BCUT2D eigenvalue weighted by Gasteiger charge is 2.17. The molecule has 0 amide bonds. The molecule has 0 saturated heterocycles. The lowest BCUT2D eigenvalue weighted by Gasteiger charge is -2.13. The van der Waals surface area contributed by atoms with Crippen LogP contribution in [0.15, 0.2) is 24.3 Å². The van der Waals surface area contributed by atoms with Gasteiger partial charge in [-0.05, 0) is 31.5 Å². The van der Waals surface area contributed by atoms with Crippen LogP contribution in [0.3, 0.4) is 0 Å². The van der Waals surface area contributed by atoms with Gasteiger partial charge in [0.15, 0.2) is 0 Å². The summed E-state index contributed by atoms with van der Waals surface area (Å²) in [7, 11) is 0. The molecule has 60 valence electrons. The number of hydrogen-bond acceptors (Lipinski definition) is 1. The lowest BCUT2D eigenvalue weighted by Crippen LogP contribution is -2.07. The van der Waals surface area contributed by atoms with E-state index in [1.165, 1.54) is 26.0 Å². The molecule has 1 aromatic carbocycles. The van der Waals surface area contributed by atoms with Crippen LogP contribution < -0.4 is 0 Å². The zero-order chi connectivity index (χ0) is 8.48. The van der Waals surface area contributed by atoms with Gasteiger partial charge in [-0.3, -0.25) is 0 Å². The highest BCUT2D eigenvalue weighted by atomic mass is 19.1. The van der Waals surface area contributed by atoms with Gasteiger partial charge < -0.3 is 5.11 Å². The van der Waals surface area contributed by atoms with Crippen LogP contribution in [-0.2, 0) is 5.67 Å². The van der Waals surface area contributed by atoms with E-state index >= 15 is 0 Å². The van der Waals surface area contributed by atoms with Crippen LogP contribution in [-0.4, -0.2) is 5.11 Å². The zero-order valence-electron chi connectivity index (χ0n) is 6.63. The first-order valence-corrected chi connectivity index (χ1v) is 3.48. The van der Waals surface area contributed by atoms with Gasteiger partial charge in [-0.25, -0.2) is 4.39 Å². The molecule has 0 unspecified atom stereocenters. The van der Waals surface area contributed by atoms with E-state index in [0.29, 0.717) is 5.56 Å². The van der Waals surface area contributed by atoms with Gasteiger partial charge in [0.2, 0.25) is 0 Å². The molecule has 0 bridgehead atoms. The van der Waals surface area contributed by atoms with Gasteiger partial charge in [0.05, 0.1) is 0 Å². The largest absolute Gasteiger partial charge is 0.508 e. The molecular formula is C9H11FO. The van der Waals surface area contributed by atoms with E-state index in [4.69, 9.17) is 5.11 Å². The minimum atomic E-state index is -1.33. The molecule has 0 fully saturated rings. The number of benzene rings is 1. The van der Waals surface area contributed by atoms with Crippen LogP contribution in [0.2, 0.25) is 0 Å². The van der Waals surface area contributed by atoms with Crippen LogP contribution in [0.5, 0.6) is 5.75 Å². The summed E-state index contributed by atoms with van der Waals surface area (Å²) in [4.78, 5) is 0. The van der Waals surface area contributed by atoms with E-state index < -0.39 is 5.67 Å². The summed E-state index contributed by atoms with van der Waals surface area (Å²) < 4.78 is 13.2. The van der Waals surface area contributed by atoms with Crippen molar-refractivity contribution in [2.75, 3.05) is 0 Å². The van der Waals surface area contributed by atoms with Gasteiger partial charge >= 0.3 is 0 Å². The first kappa shape index (κ1) is 8.05. The standard InChI is InChI=1S/C9H11FO/c1-9(2,10)7-3-5-8(11)6-4-7/h3-6,11H,1-2H3. The van der Waals surface area contributed by atoms with E-state index in [0.717, 1.165) is 0 Å². The number of phenols is 1. The van der Waals surface area contributed by atoms with Crippen molar-refractivity contribution < 1.29 is 9.50 Å². The van der Waals surface area contributed by atoms with E-state index in [1.807, 2.05) is 0 Å². The van der Waals surface area contributed by atoms with Crippen molar-refractivity contribution in [3.8, 4) is 5.75 Å². The predicted octanol–water partition coefficient (Wildman–Crippen LogP) is 2.60. The highest BCUT2D eigenvalue weighted by molar-refractivity contribution is 5.28. The monoisotopic (exact) mass is 154 g/mol. The maximum absolute atomic E-state index is 13.2. The number of rotatable bonds is 1. The second-order valence-corrected chi connectivity index (χ2v) is 3.02. The molecule has 0 radical (unpaired) electrons. The third kappa shape index (κ3) is 1.93. The molecule has 0 aliphatic heterocycles. The number of hydrogen-bond donors (Lipinski definition) is 1. The highest BCUT2D eigenvalue weighted by Crippen LogP contribution is 2.25. The first-order chi connectivity index (χ1) is 5.00. The fourth-order valence-corrected chi connectivity index (χ4v) is 0.858. The van der Waals surface area contributed by atoms with Crippen molar-refractivity contribution in [1.82, 2.24) is 0 Å². The molecule has 0 spiro atoms. The van der Waals surface area contributed by atoms with E-state index in [-0.39, 0.29) is 5.75 Å². The Labute approximate surface area is 65.5 Å². The summed E-state index contributed by atoms with van der Waals surface area (Å²) in [6.07, 6.45) is 0. The molecule has 1 nitrogen and oxygen atoms in total. The quantitative estimate of drug-likeness (QED) is 0.659. The molecule has 1 aromatic rings. The maximum Gasteiger partial charge on any atom is 0.130 e. The van der Waals surface area contributed by atoms with Crippen LogP contribution in [0.1, 0.15) is 19.4 Å². The summed E-state index contributed by atoms with van der Waals surface area (Å²) in [5, 5.41) is 8.90. The summed E-state index contributed by atoms with van der Waals surface area (Å²) >= 11 is 0. The maximum atomic E-state index is 13.2. The van der Waals surface area contributed by atoms with Gasteiger partial charge in [-0.2, -0.15) is 0 Å². The topological polar surface area (TPSA) is 20.2 Å². The Morgan fingerprint density at radius 3 is 2.00 bits per heavy atom. The molecule has 1 N–H and O–H groups in total. The van der Waals surface area contributed by atoms with E-state index in [9.17, 15) is 4.39 Å². The molecule has 0 heterocycles. The van der Waals surface area contributed by atoms with Crippen LogP contribution >= 0.6 is 0 Å². The number of halogens is 1. The Morgan fingerprint density at radius 2 is 1.64 bits per heavy atom. The molecule has 2 heteroatoms. The summed E-state index contributed by atoms with van der Waals surface area (Å²) in [5.41, 5.74) is -0.747. The van der Waals surface area contributed by atoms with Gasteiger partial charge in [-0.15, -0.1) is 0 Å². The Balaban J connectivity index is 2.99. The van der Waals surface area contributed by atoms with Crippen LogP contribution in [0, 0.1) is 0 Å². The molecule has 11 heavy (non-hydrogen) atoms. The Morgan fingerprint density at radius 1 is 1.18 bits per heavy atom. The SMILES string of the molecule is CC(C)(F)c1ccc(O)cc1. The average Bonchev–Trinajstić information content (AvgIpc) is 1.86. The lowest BCUT2D eigenvalue weighted by atomic mass is 10.0. The van der Waals surface area contributed by atoms with Gasteiger partial charge in [-0.1, -0.05) is 12.1 Å². The first-order valence-electron chi connectivity index (χ1n) is 3.48. The number of aromatic hydroxyl groups is 1. The van der Waals surface area contributed by atoms with E-state index in [1.54, 1.807) is 12.1 Å². The minimum Gasteiger partial charge on any atom is -0.508 e. The van der Waals surface area contributed by atoms with Gasteiger partial charge in [0.25, 0.3) is 0 Å². The molecule has 0 aliphatic carbocycles. The second-order valence-electron chi connectivity index (χ2n) is 3.02. The number of alkyl halides is 1. The van der Waals surface area contributed by atoms with Crippen LogP contribution in [0.4, 0.5) is 4.39 Å². The Bertz CT molecular complexity index is 233. The Hall–Kier alpha value is -1.05. The smallest absolute Gasteiger partial charge is 0.130 e. The molecular weight excluding hydrogens is 143 g/mol. The molecule has 0 aromatic heterocycles. The van der Waals surface area contributed by atoms with Gasteiger partial charge in [0.1, 0.15) is 11.4 Å². The molecule has 0 atom stereocenters. The van der Waals surface area contributed by atoms with Crippen molar-refractivity contribution in [1.29, 1.82) is 0 Å². The van der Waals surface area contributed by atoms with Crippen molar-refractivity contribution in [2.45, 2.75) is 19.5 Å². The normalized spacial score (nSPS) is 11.5. The fraction of sp³-hybridized carbons (Fsp3) is 0.333. The van der Waals surface area contributed by atoms with Crippen molar-refractivity contribution in [3.05, 3.63) is 29.8 Å². The third-order valence-electron chi connectivity index (χ3n) is 1.55. The minimum absolute atomic E-state index is 0.165. The second kappa shape index (κ2) is 2.53. The van der Waals surface area contributed by atoms with Crippen molar-refractivity contribution in [3.63, 3.8) is 0 Å². The van der Waals surface area contributed by atoms with E-state index in [2.05, 4.69) is 0 Å². The van der Waals surface area contributed by atoms with Crippen LogP contribution in [0.25, 0.3) is 0 Å². The predicted molar refractivity (Wildman–Crippen MR) is 42.2 cm³/mol. The fourth-order valence-electron chi connectivity index (χ4n) is 0.858. The van der Waals surface area contributed by atoms with Crippen molar-refractivity contribution in [2.24, 2.45) is 0 Å². The zero-order valence-corrected chi connectivity index (χ0v) is 6.63. The summed E-state index contributed by atoms with van der Waals surface area (Å²) in [6.45, 7) is 2.97. The number of phenolic OH excluding ortho intramolecular Hbond substituents is 1.